The van der Waals surface area contributed by atoms with Crippen LogP contribution in [0.25, 0.3) is 22.3 Å². The second kappa shape index (κ2) is 10.8. The zero-order chi connectivity index (χ0) is 32.5. The summed E-state index contributed by atoms with van der Waals surface area (Å²) < 4.78 is 27.4. The molecule has 2 amide bonds. The first-order valence-corrected chi connectivity index (χ1v) is 15.1. The molecule has 1 aliphatic carbocycles. The van der Waals surface area contributed by atoms with Crippen molar-refractivity contribution in [3.05, 3.63) is 91.5 Å². The summed E-state index contributed by atoms with van der Waals surface area (Å²) in [5.74, 6) is -1.41. The number of esters is 1. The summed E-state index contributed by atoms with van der Waals surface area (Å²) >= 11 is 0. The van der Waals surface area contributed by atoms with E-state index in [1.165, 1.54) is 17.6 Å². The lowest BCUT2D eigenvalue weighted by molar-refractivity contribution is -0.172. The lowest BCUT2D eigenvalue weighted by Crippen LogP contribution is -2.44. The van der Waals surface area contributed by atoms with Gasteiger partial charge in [-0.25, -0.2) is 19.0 Å². The Kier molecular flexibility index (Phi) is 6.93. The van der Waals surface area contributed by atoms with E-state index in [0.717, 1.165) is 22.1 Å². The number of aryl methyl sites for hydroxylation is 1. The number of hydrogen-bond acceptors (Lipinski definition) is 8. The minimum atomic E-state index is -1.98. The van der Waals surface area contributed by atoms with Crippen LogP contribution in [0.5, 0.6) is 0 Å². The number of anilines is 1. The molecule has 0 radical (unpaired) electrons. The highest BCUT2D eigenvalue weighted by atomic mass is 19.1. The maximum absolute atomic E-state index is 15.1. The predicted molar refractivity (Wildman–Crippen MR) is 164 cm³/mol. The number of halogens is 1. The number of nitrogens with zero attached hydrogens (tertiary/aromatic N) is 2. The van der Waals surface area contributed by atoms with Crippen molar-refractivity contribution < 1.29 is 33.4 Å². The van der Waals surface area contributed by atoms with Crippen molar-refractivity contribution in [2.24, 2.45) is 0 Å². The van der Waals surface area contributed by atoms with E-state index in [2.05, 4.69) is 10.6 Å². The van der Waals surface area contributed by atoms with Crippen LogP contribution < -0.4 is 16.2 Å². The van der Waals surface area contributed by atoms with E-state index in [0.29, 0.717) is 46.6 Å². The van der Waals surface area contributed by atoms with Gasteiger partial charge < -0.3 is 29.8 Å². The molecule has 12 heteroatoms. The molecule has 2 aliphatic heterocycles. The number of pyridine rings is 2. The fourth-order valence-corrected chi connectivity index (χ4v) is 6.92. The van der Waals surface area contributed by atoms with Gasteiger partial charge in [-0.2, -0.15) is 0 Å². The number of carbonyl (C=O) groups excluding carboxylic acids is 3. The third-order valence-corrected chi connectivity index (χ3v) is 9.31. The summed E-state index contributed by atoms with van der Waals surface area (Å²) in [4.78, 5) is 55.6. The molecule has 0 unspecified atom stereocenters. The van der Waals surface area contributed by atoms with Gasteiger partial charge in [0.25, 0.3) is 5.56 Å². The lowest BCUT2D eigenvalue weighted by Gasteiger charge is -2.31. The molecule has 2 atom stereocenters. The minimum absolute atomic E-state index is 0.00279. The molecule has 4 heterocycles. The van der Waals surface area contributed by atoms with E-state index in [1.807, 2.05) is 0 Å². The van der Waals surface area contributed by atoms with Crippen LogP contribution in [0.1, 0.15) is 71.7 Å². The van der Waals surface area contributed by atoms with Crippen LogP contribution in [0.2, 0.25) is 0 Å². The highest BCUT2D eigenvalue weighted by Crippen LogP contribution is 2.46. The zero-order valence-electron chi connectivity index (χ0n) is 25.5. The first-order valence-electron chi connectivity index (χ1n) is 15.1. The Bertz CT molecular complexity index is 2060. The van der Waals surface area contributed by atoms with E-state index in [1.54, 1.807) is 44.2 Å². The average molecular weight is 627 g/mol. The van der Waals surface area contributed by atoms with Crippen LogP contribution in [0.3, 0.4) is 0 Å². The van der Waals surface area contributed by atoms with Crippen LogP contribution in [0, 0.1) is 12.7 Å². The van der Waals surface area contributed by atoms with Gasteiger partial charge in [-0.15, -0.1) is 0 Å². The Morgan fingerprint density at radius 3 is 2.65 bits per heavy atom. The maximum atomic E-state index is 15.1. The molecule has 0 saturated heterocycles. The van der Waals surface area contributed by atoms with Gasteiger partial charge in [0, 0.05) is 35.2 Å². The molecule has 7 rings (SSSR count). The SMILES string of the molecule is CC[C@@]1(O)C(=O)OCc2c1cc1n(c2=O)Cc2c-1nc1cc(F)c(C)c3c1c2[C@@H](NC(=O)OCc1ccc(NC(C)=O)cc1)CC3. The van der Waals surface area contributed by atoms with Crippen LogP contribution in [0.15, 0.2) is 41.2 Å². The summed E-state index contributed by atoms with van der Waals surface area (Å²) in [5.41, 5.74) is 3.30. The number of carbonyl (C=O) groups is 3. The van der Waals surface area contributed by atoms with E-state index >= 15 is 4.39 Å². The highest BCUT2D eigenvalue weighted by Gasteiger charge is 2.46. The monoisotopic (exact) mass is 626 g/mol. The lowest BCUT2D eigenvalue weighted by atomic mass is 9.81. The van der Waals surface area contributed by atoms with E-state index < -0.39 is 35.1 Å². The maximum Gasteiger partial charge on any atom is 0.407 e. The van der Waals surface area contributed by atoms with Crippen LogP contribution in [-0.2, 0) is 50.8 Å². The quantitative estimate of drug-likeness (QED) is 0.243. The number of aliphatic hydroxyl groups is 1. The number of amides is 2. The van der Waals surface area contributed by atoms with Crippen molar-refractivity contribution >= 4 is 34.6 Å². The predicted octanol–water partition coefficient (Wildman–Crippen LogP) is 4.40. The Morgan fingerprint density at radius 1 is 1.17 bits per heavy atom. The third-order valence-electron chi connectivity index (χ3n) is 9.31. The number of fused-ring (bicyclic) bond motifs is 5. The first-order chi connectivity index (χ1) is 22.0. The number of rotatable bonds is 5. The molecule has 0 fully saturated rings. The molecular weight excluding hydrogens is 595 g/mol. The summed E-state index contributed by atoms with van der Waals surface area (Å²) in [5, 5.41) is 17.6. The number of aromatic nitrogens is 2. The smallest absolute Gasteiger partial charge is 0.407 e. The molecular formula is C34H31FN4O7. The Morgan fingerprint density at radius 2 is 1.93 bits per heavy atom. The highest BCUT2D eigenvalue weighted by molar-refractivity contribution is 5.94. The Labute approximate surface area is 262 Å². The van der Waals surface area contributed by atoms with Crippen molar-refractivity contribution in [1.29, 1.82) is 0 Å². The largest absolute Gasteiger partial charge is 0.458 e. The molecule has 4 aromatic rings. The topological polar surface area (TPSA) is 149 Å². The van der Waals surface area contributed by atoms with Crippen LogP contribution >= 0.6 is 0 Å². The van der Waals surface area contributed by atoms with E-state index in [9.17, 15) is 24.3 Å². The van der Waals surface area contributed by atoms with Gasteiger partial charge in [0.2, 0.25) is 5.91 Å². The number of nitrogens with one attached hydrogen (secondary N) is 2. The van der Waals surface area contributed by atoms with Gasteiger partial charge in [-0.1, -0.05) is 19.1 Å². The summed E-state index contributed by atoms with van der Waals surface area (Å²) in [6.45, 7) is 4.65. The minimum Gasteiger partial charge on any atom is -0.458 e. The molecule has 11 nitrogen and oxygen atoms in total. The average Bonchev–Trinajstić information content (AvgIpc) is 3.40. The third kappa shape index (κ3) is 4.54. The summed E-state index contributed by atoms with van der Waals surface area (Å²) in [6, 6.07) is 9.38. The molecule has 236 valence electrons. The first kappa shape index (κ1) is 29.6. The van der Waals surface area contributed by atoms with Gasteiger partial charge in [0.05, 0.1) is 35.1 Å². The van der Waals surface area contributed by atoms with Crippen LogP contribution in [0.4, 0.5) is 14.9 Å². The number of cyclic esters (lactones) is 1. The molecule has 2 aromatic carbocycles. The number of hydrogen-bond donors (Lipinski definition) is 3. The molecule has 46 heavy (non-hydrogen) atoms. The van der Waals surface area contributed by atoms with Gasteiger partial charge in [0.1, 0.15) is 19.0 Å². The second-order valence-corrected chi connectivity index (χ2v) is 12.0. The molecule has 0 saturated carbocycles. The van der Waals surface area contributed by atoms with E-state index in [-0.39, 0.29) is 43.2 Å². The van der Waals surface area contributed by atoms with Gasteiger partial charge in [-0.05, 0) is 66.6 Å². The number of alkyl carbamates (subject to hydrolysis) is 1. The van der Waals surface area contributed by atoms with Crippen molar-refractivity contribution in [1.82, 2.24) is 14.9 Å². The van der Waals surface area contributed by atoms with Gasteiger partial charge >= 0.3 is 12.1 Å². The molecule has 0 bridgehead atoms. The van der Waals surface area contributed by atoms with Crippen molar-refractivity contribution in [2.75, 3.05) is 5.32 Å². The zero-order valence-corrected chi connectivity index (χ0v) is 25.5. The van der Waals surface area contributed by atoms with Gasteiger partial charge in [-0.3, -0.25) is 9.59 Å². The fourth-order valence-electron chi connectivity index (χ4n) is 6.92. The summed E-state index contributed by atoms with van der Waals surface area (Å²) in [6.07, 6.45) is 0.312. The Balaban J connectivity index is 1.27. The fraction of sp³-hybridized carbons (Fsp3) is 0.324. The second-order valence-electron chi connectivity index (χ2n) is 12.0. The van der Waals surface area contributed by atoms with Gasteiger partial charge in [0.15, 0.2) is 5.60 Å². The van der Waals surface area contributed by atoms with Crippen molar-refractivity contribution in [3.8, 4) is 11.4 Å². The molecule has 0 spiro atoms. The molecule has 2 aromatic heterocycles. The van der Waals surface area contributed by atoms with E-state index in [4.69, 9.17) is 14.5 Å². The number of ether oxygens (including phenoxy) is 2. The molecule has 3 N–H and O–H groups in total. The van der Waals surface area contributed by atoms with Crippen molar-refractivity contribution in [2.45, 2.75) is 71.4 Å². The Hall–Kier alpha value is -5.10. The van der Waals surface area contributed by atoms with Crippen molar-refractivity contribution in [3.63, 3.8) is 0 Å². The summed E-state index contributed by atoms with van der Waals surface area (Å²) in [7, 11) is 0. The number of benzene rings is 2. The van der Waals surface area contributed by atoms with Crippen LogP contribution in [-0.4, -0.2) is 32.6 Å². The molecule has 3 aliphatic rings. The standard InChI is InChI=1S/C34H31FN4O7/c1-4-34(44)23-11-27-30-21(13-39(27)31(41)22(23)15-45-32(34)42)29-25(10-9-20-16(2)24(35)12-26(37-30)28(20)29)38-33(43)46-14-18-5-7-19(8-6-18)36-17(3)40/h5-8,11-12,25,44H,4,9-10,13-15H2,1-3H3,(H,36,40)(H,38,43)/t25-,34-/m0/s1. The normalized spacial score (nSPS) is 19.2.